The number of aromatic nitrogens is 1. The molecule has 1 aliphatic heterocycles. The molecular weight excluding hydrogens is 420 g/mol. The molecule has 0 spiro atoms. The molecule has 168 valence electrons. The summed E-state index contributed by atoms with van der Waals surface area (Å²) in [6.45, 7) is 2.03. The van der Waals surface area contributed by atoms with Gasteiger partial charge in [0.2, 0.25) is 0 Å². The first-order valence-corrected chi connectivity index (χ1v) is 10.4. The Morgan fingerprint density at radius 3 is 2.42 bits per heavy atom. The lowest BCUT2D eigenvalue weighted by Crippen LogP contribution is -2.29. The number of carbonyl (C=O) groups is 2. The minimum Gasteiger partial charge on any atom is -0.507 e. The van der Waals surface area contributed by atoms with Crippen molar-refractivity contribution in [1.82, 2.24) is 9.88 Å². The van der Waals surface area contributed by atoms with Gasteiger partial charge in [-0.2, -0.15) is 0 Å². The van der Waals surface area contributed by atoms with Crippen molar-refractivity contribution in [3.05, 3.63) is 94.8 Å². The van der Waals surface area contributed by atoms with Gasteiger partial charge in [-0.1, -0.05) is 29.8 Å². The van der Waals surface area contributed by atoms with Gasteiger partial charge in [0.25, 0.3) is 11.7 Å². The first-order chi connectivity index (χ1) is 15.9. The van der Waals surface area contributed by atoms with Crippen molar-refractivity contribution < 1.29 is 24.2 Å². The number of likely N-dealkylation sites (tertiary alicyclic amines) is 1. The molecule has 7 nitrogen and oxygen atoms in total. The zero-order valence-corrected chi connectivity index (χ0v) is 18.6. The van der Waals surface area contributed by atoms with E-state index in [0.717, 1.165) is 11.1 Å². The quantitative estimate of drug-likeness (QED) is 0.351. The summed E-state index contributed by atoms with van der Waals surface area (Å²) in [5.41, 5.74) is 2.50. The molecule has 1 amide bonds. The Bertz CT molecular complexity index is 1220. The lowest BCUT2D eigenvalue weighted by molar-refractivity contribution is -0.140. The fraction of sp³-hybridized carbons (Fsp3) is 0.192. The Morgan fingerprint density at radius 1 is 1.03 bits per heavy atom. The highest BCUT2D eigenvalue weighted by Gasteiger charge is 2.47. The predicted octanol–water partition coefficient (Wildman–Crippen LogP) is 4.03. The average Bonchev–Trinajstić information content (AvgIpc) is 3.09. The maximum atomic E-state index is 13.2. The minimum atomic E-state index is -0.849. The summed E-state index contributed by atoms with van der Waals surface area (Å²) in [5.74, 6) is -0.663. The Kier molecular flexibility index (Phi) is 6.13. The molecule has 1 fully saturated rings. The Morgan fingerprint density at radius 2 is 1.79 bits per heavy atom. The van der Waals surface area contributed by atoms with Crippen LogP contribution in [0, 0.1) is 6.92 Å². The van der Waals surface area contributed by atoms with Crippen LogP contribution in [0.1, 0.15) is 28.4 Å². The van der Waals surface area contributed by atoms with Crippen LogP contribution in [-0.2, 0) is 16.1 Å². The molecule has 4 rings (SSSR count). The second-order valence-electron chi connectivity index (χ2n) is 7.73. The van der Waals surface area contributed by atoms with Crippen LogP contribution < -0.4 is 9.47 Å². The number of methoxy groups -OCH3 is 2. The second-order valence-corrected chi connectivity index (χ2v) is 7.73. The fourth-order valence-corrected chi connectivity index (χ4v) is 3.97. The number of aliphatic hydroxyl groups excluding tert-OH is 1. The predicted molar refractivity (Wildman–Crippen MR) is 123 cm³/mol. The molecule has 33 heavy (non-hydrogen) atoms. The molecule has 0 bridgehead atoms. The lowest BCUT2D eigenvalue weighted by Gasteiger charge is -2.24. The van der Waals surface area contributed by atoms with Crippen molar-refractivity contribution in [1.29, 1.82) is 0 Å². The molecule has 1 unspecified atom stereocenters. The number of hydrogen-bond donors (Lipinski definition) is 1. The van der Waals surface area contributed by atoms with Crippen LogP contribution in [0.4, 0.5) is 0 Å². The number of pyridine rings is 1. The Hall–Kier alpha value is -4.13. The van der Waals surface area contributed by atoms with Crippen molar-refractivity contribution in [3.63, 3.8) is 0 Å². The number of benzene rings is 2. The summed E-state index contributed by atoms with van der Waals surface area (Å²) >= 11 is 0. The second kappa shape index (κ2) is 9.16. The van der Waals surface area contributed by atoms with E-state index in [2.05, 4.69) is 4.98 Å². The van der Waals surface area contributed by atoms with E-state index >= 15 is 0 Å². The van der Waals surface area contributed by atoms with Crippen LogP contribution in [0.5, 0.6) is 11.5 Å². The SMILES string of the molecule is COc1ccc(CN2C(=O)C(=O)/C(=C(/O)c3cc(C)ccc3OC)C2c2ccccn2)cc1. The third-order valence-corrected chi connectivity index (χ3v) is 5.63. The van der Waals surface area contributed by atoms with E-state index in [0.29, 0.717) is 22.8 Å². The van der Waals surface area contributed by atoms with E-state index in [1.807, 2.05) is 25.1 Å². The molecule has 1 atom stereocenters. The summed E-state index contributed by atoms with van der Waals surface area (Å²) in [7, 11) is 3.06. The van der Waals surface area contributed by atoms with Gasteiger partial charge in [0.15, 0.2) is 0 Å². The Labute approximate surface area is 191 Å². The van der Waals surface area contributed by atoms with Crippen LogP contribution >= 0.6 is 0 Å². The van der Waals surface area contributed by atoms with Crippen LogP contribution in [0.25, 0.3) is 5.76 Å². The van der Waals surface area contributed by atoms with E-state index in [1.54, 1.807) is 55.8 Å². The van der Waals surface area contributed by atoms with Gasteiger partial charge in [-0.05, 0) is 48.9 Å². The highest BCUT2D eigenvalue weighted by molar-refractivity contribution is 6.46. The number of hydrogen-bond acceptors (Lipinski definition) is 6. The van der Waals surface area contributed by atoms with Crippen molar-refractivity contribution in [2.75, 3.05) is 14.2 Å². The average molecular weight is 444 g/mol. The molecule has 2 heterocycles. The molecule has 1 saturated heterocycles. The molecule has 3 aromatic rings. The van der Waals surface area contributed by atoms with Gasteiger partial charge in [0, 0.05) is 12.7 Å². The number of Topliss-reactive ketones (excluding diaryl/α,β-unsaturated/α-hetero) is 1. The normalized spacial score (nSPS) is 17.3. The van der Waals surface area contributed by atoms with E-state index in [-0.39, 0.29) is 17.9 Å². The standard InChI is InChI=1S/C26H24N2O5/c1-16-7-12-21(33-3)19(14-16)24(29)22-23(20-6-4-5-13-27-20)28(26(31)25(22)30)15-17-8-10-18(32-2)11-9-17/h4-14,23,29H,15H2,1-3H3/b24-22+. The van der Waals surface area contributed by atoms with Gasteiger partial charge < -0.3 is 19.5 Å². The summed E-state index contributed by atoms with van der Waals surface area (Å²) in [6, 6.07) is 16.9. The first-order valence-electron chi connectivity index (χ1n) is 10.4. The molecule has 0 radical (unpaired) electrons. The number of aryl methyl sites for hydroxylation is 1. The van der Waals surface area contributed by atoms with Gasteiger partial charge in [0.05, 0.1) is 31.1 Å². The summed E-state index contributed by atoms with van der Waals surface area (Å²) in [4.78, 5) is 32.1. The molecule has 7 heteroatoms. The van der Waals surface area contributed by atoms with Gasteiger partial charge >= 0.3 is 0 Å². The number of amides is 1. The zero-order valence-electron chi connectivity index (χ0n) is 18.6. The first kappa shape index (κ1) is 22.1. The number of aliphatic hydroxyl groups is 1. The molecule has 0 saturated carbocycles. The summed E-state index contributed by atoms with van der Waals surface area (Å²) < 4.78 is 10.6. The van der Waals surface area contributed by atoms with Crippen molar-refractivity contribution in [2.24, 2.45) is 0 Å². The molecule has 2 aromatic carbocycles. The van der Waals surface area contributed by atoms with Crippen LogP contribution in [-0.4, -0.2) is 40.9 Å². The number of ether oxygens (including phenoxy) is 2. The number of carbonyl (C=O) groups excluding carboxylic acids is 2. The summed E-state index contributed by atoms with van der Waals surface area (Å²) in [6.07, 6.45) is 1.59. The van der Waals surface area contributed by atoms with E-state index in [9.17, 15) is 14.7 Å². The highest BCUT2D eigenvalue weighted by Crippen LogP contribution is 2.41. The third kappa shape index (κ3) is 4.17. The van der Waals surface area contributed by atoms with Crippen LogP contribution in [0.2, 0.25) is 0 Å². The molecule has 1 aliphatic rings. The van der Waals surface area contributed by atoms with Crippen molar-refractivity contribution in [2.45, 2.75) is 19.5 Å². The van der Waals surface area contributed by atoms with E-state index in [1.165, 1.54) is 12.0 Å². The minimum absolute atomic E-state index is 0.0175. The number of nitrogens with zero attached hydrogens (tertiary/aromatic N) is 2. The topological polar surface area (TPSA) is 89.0 Å². The van der Waals surface area contributed by atoms with Gasteiger partial charge in [-0.3, -0.25) is 14.6 Å². The summed E-state index contributed by atoms with van der Waals surface area (Å²) in [5, 5.41) is 11.3. The third-order valence-electron chi connectivity index (χ3n) is 5.63. The van der Waals surface area contributed by atoms with Gasteiger partial charge in [-0.25, -0.2) is 0 Å². The monoisotopic (exact) mass is 444 g/mol. The van der Waals surface area contributed by atoms with Crippen LogP contribution in [0.3, 0.4) is 0 Å². The largest absolute Gasteiger partial charge is 0.507 e. The maximum Gasteiger partial charge on any atom is 0.296 e. The van der Waals surface area contributed by atoms with E-state index < -0.39 is 17.7 Å². The fourth-order valence-electron chi connectivity index (χ4n) is 3.97. The highest BCUT2D eigenvalue weighted by atomic mass is 16.5. The number of ketones is 1. The Balaban J connectivity index is 1.86. The van der Waals surface area contributed by atoms with Crippen molar-refractivity contribution >= 4 is 17.4 Å². The smallest absolute Gasteiger partial charge is 0.296 e. The molecule has 1 N–H and O–H groups in total. The van der Waals surface area contributed by atoms with Crippen LogP contribution in [0.15, 0.2) is 72.4 Å². The maximum absolute atomic E-state index is 13.2. The number of rotatable bonds is 6. The molecule has 0 aliphatic carbocycles. The van der Waals surface area contributed by atoms with E-state index in [4.69, 9.17) is 9.47 Å². The molecular formula is C26H24N2O5. The van der Waals surface area contributed by atoms with Gasteiger partial charge in [-0.15, -0.1) is 0 Å². The van der Waals surface area contributed by atoms with Crippen molar-refractivity contribution in [3.8, 4) is 11.5 Å². The molecule has 1 aromatic heterocycles. The van der Waals surface area contributed by atoms with Gasteiger partial charge in [0.1, 0.15) is 23.3 Å². The zero-order chi connectivity index (χ0) is 23.5. The lowest BCUT2D eigenvalue weighted by atomic mass is 9.97.